The van der Waals surface area contributed by atoms with E-state index in [-0.39, 0.29) is 0 Å². The fourth-order valence-electron chi connectivity index (χ4n) is 1.59. The Balaban J connectivity index is 2.21. The summed E-state index contributed by atoms with van der Waals surface area (Å²) in [5.41, 5.74) is 8.02. The molecule has 2 aromatic rings. The average Bonchev–Trinajstić information content (AvgIpc) is 2.78. The lowest BCUT2D eigenvalue weighted by Gasteiger charge is -2.01. The summed E-state index contributed by atoms with van der Waals surface area (Å²) in [6.45, 7) is 0.711. The van der Waals surface area contributed by atoms with Gasteiger partial charge in [-0.2, -0.15) is 0 Å². The van der Waals surface area contributed by atoms with Crippen LogP contribution in [0.3, 0.4) is 0 Å². The molecule has 16 heavy (non-hydrogen) atoms. The smallest absolute Gasteiger partial charge is 0.118 e. The molecule has 1 aromatic carbocycles. The summed E-state index contributed by atoms with van der Waals surface area (Å²) < 4.78 is 5.13. The highest BCUT2D eigenvalue weighted by Gasteiger charge is 2.02. The Labute approximate surface area is 99.7 Å². The second-order valence-corrected chi connectivity index (χ2v) is 4.56. The molecule has 2 nitrogen and oxygen atoms in total. The van der Waals surface area contributed by atoms with Gasteiger partial charge in [0.1, 0.15) is 5.75 Å². The number of rotatable bonds is 4. The van der Waals surface area contributed by atoms with Crippen molar-refractivity contribution >= 4 is 11.3 Å². The monoisotopic (exact) mass is 233 g/mol. The van der Waals surface area contributed by atoms with Gasteiger partial charge < -0.3 is 10.5 Å². The van der Waals surface area contributed by atoms with Crippen molar-refractivity contribution in [2.45, 2.75) is 6.42 Å². The van der Waals surface area contributed by atoms with E-state index in [1.54, 1.807) is 18.4 Å². The first-order valence-electron chi connectivity index (χ1n) is 5.25. The van der Waals surface area contributed by atoms with Crippen LogP contribution in [-0.2, 0) is 6.42 Å². The van der Waals surface area contributed by atoms with E-state index >= 15 is 0 Å². The predicted octanol–water partition coefficient (Wildman–Crippen LogP) is 2.92. The zero-order valence-corrected chi connectivity index (χ0v) is 10.1. The first-order chi connectivity index (χ1) is 7.83. The Morgan fingerprint density at radius 2 is 1.94 bits per heavy atom. The van der Waals surface area contributed by atoms with Crippen molar-refractivity contribution in [2.75, 3.05) is 13.7 Å². The Hall–Kier alpha value is -1.32. The van der Waals surface area contributed by atoms with Crippen LogP contribution in [-0.4, -0.2) is 13.7 Å². The maximum absolute atomic E-state index is 5.54. The molecule has 2 rings (SSSR count). The Morgan fingerprint density at radius 3 is 2.56 bits per heavy atom. The summed E-state index contributed by atoms with van der Waals surface area (Å²) in [6.07, 6.45) is 0.959. The SMILES string of the molecule is COc1ccc(-c2csc(CCN)c2)cc1. The van der Waals surface area contributed by atoms with E-state index in [0.29, 0.717) is 6.54 Å². The number of benzene rings is 1. The summed E-state index contributed by atoms with van der Waals surface area (Å²) in [7, 11) is 1.68. The molecular weight excluding hydrogens is 218 g/mol. The van der Waals surface area contributed by atoms with E-state index in [9.17, 15) is 0 Å². The second kappa shape index (κ2) is 5.14. The number of hydrogen-bond donors (Lipinski definition) is 1. The molecule has 0 aliphatic rings. The van der Waals surface area contributed by atoms with Crippen LogP contribution in [0.1, 0.15) is 4.88 Å². The normalized spacial score (nSPS) is 10.4. The minimum absolute atomic E-state index is 0.711. The van der Waals surface area contributed by atoms with E-state index in [4.69, 9.17) is 10.5 Å². The molecule has 0 spiro atoms. The molecule has 0 amide bonds. The number of methoxy groups -OCH3 is 1. The lowest BCUT2D eigenvalue weighted by molar-refractivity contribution is 0.415. The summed E-state index contributed by atoms with van der Waals surface area (Å²) in [6, 6.07) is 10.3. The second-order valence-electron chi connectivity index (χ2n) is 3.57. The quantitative estimate of drug-likeness (QED) is 0.881. The molecule has 0 atom stereocenters. The van der Waals surface area contributed by atoms with Crippen LogP contribution in [0.2, 0.25) is 0 Å². The number of thiophene rings is 1. The molecule has 0 aliphatic heterocycles. The number of ether oxygens (including phenoxy) is 1. The molecule has 0 bridgehead atoms. The van der Waals surface area contributed by atoms with Gasteiger partial charge in [-0.3, -0.25) is 0 Å². The van der Waals surface area contributed by atoms with Crippen molar-refractivity contribution in [1.82, 2.24) is 0 Å². The summed E-state index contributed by atoms with van der Waals surface area (Å²) in [5.74, 6) is 0.890. The first kappa shape index (κ1) is 11.2. The van der Waals surface area contributed by atoms with Gasteiger partial charge in [-0.1, -0.05) is 12.1 Å². The largest absolute Gasteiger partial charge is 0.497 e. The highest BCUT2D eigenvalue weighted by molar-refractivity contribution is 7.10. The Morgan fingerprint density at radius 1 is 1.19 bits per heavy atom. The topological polar surface area (TPSA) is 35.2 Å². The molecule has 3 heteroatoms. The third-order valence-electron chi connectivity index (χ3n) is 2.47. The van der Waals surface area contributed by atoms with Crippen LogP contribution in [0.15, 0.2) is 35.7 Å². The highest BCUT2D eigenvalue weighted by Crippen LogP contribution is 2.27. The van der Waals surface area contributed by atoms with Crippen molar-refractivity contribution in [3.63, 3.8) is 0 Å². The van der Waals surface area contributed by atoms with Crippen LogP contribution >= 0.6 is 11.3 Å². The molecule has 0 saturated heterocycles. The van der Waals surface area contributed by atoms with Gasteiger partial charge in [0.05, 0.1) is 7.11 Å². The van der Waals surface area contributed by atoms with Crippen LogP contribution in [0.5, 0.6) is 5.75 Å². The van der Waals surface area contributed by atoms with Gasteiger partial charge in [-0.05, 0) is 47.7 Å². The minimum atomic E-state index is 0.711. The predicted molar refractivity (Wildman–Crippen MR) is 69.1 cm³/mol. The third kappa shape index (κ3) is 2.43. The fourth-order valence-corrected chi connectivity index (χ4v) is 2.50. The highest BCUT2D eigenvalue weighted by atomic mass is 32.1. The zero-order chi connectivity index (χ0) is 11.4. The van der Waals surface area contributed by atoms with Gasteiger partial charge in [0, 0.05) is 4.88 Å². The van der Waals surface area contributed by atoms with Gasteiger partial charge in [0.15, 0.2) is 0 Å². The zero-order valence-electron chi connectivity index (χ0n) is 9.27. The van der Waals surface area contributed by atoms with Crippen LogP contribution in [0.25, 0.3) is 11.1 Å². The van der Waals surface area contributed by atoms with Gasteiger partial charge >= 0.3 is 0 Å². The molecule has 0 unspecified atom stereocenters. The van der Waals surface area contributed by atoms with Crippen molar-refractivity contribution < 1.29 is 4.74 Å². The molecule has 0 fully saturated rings. The van der Waals surface area contributed by atoms with Crippen LogP contribution in [0, 0.1) is 0 Å². The van der Waals surface area contributed by atoms with Gasteiger partial charge in [-0.15, -0.1) is 11.3 Å². The first-order valence-corrected chi connectivity index (χ1v) is 6.13. The maximum Gasteiger partial charge on any atom is 0.118 e. The molecule has 1 aromatic heterocycles. The number of hydrogen-bond acceptors (Lipinski definition) is 3. The molecule has 84 valence electrons. The minimum Gasteiger partial charge on any atom is -0.497 e. The lowest BCUT2D eigenvalue weighted by Crippen LogP contribution is -2.00. The standard InChI is InChI=1S/C13H15NOS/c1-15-12-4-2-10(3-5-12)11-8-13(6-7-14)16-9-11/h2-5,8-9H,6-7,14H2,1H3. The van der Waals surface area contributed by atoms with E-state index < -0.39 is 0 Å². The summed E-state index contributed by atoms with van der Waals surface area (Å²) in [4.78, 5) is 1.34. The molecule has 2 N–H and O–H groups in total. The fraction of sp³-hybridized carbons (Fsp3) is 0.231. The summed E-state index contributed by atoms with van der Waals surface area (Å²) >= 11 is 1.77. The van der Waals surface area contributed by atoms with E-state index in [1.807, 2.05) is 12.1 Å². The molecule has 0 aliphatic carbocycles. The van der Waals surface area contributed by atoms with Crippen molar-refractivity contribution in [3.05, 3.63) is 40.6 Å². The van der Waals surface area contributed by atoms with Crippen LogP contribution < -0.4 is 10.5 Å². The van der Waals surface area contributed by atoms with Crippen LogP contribution in [0.4, 0.5) is 0 Å². The third-order valence-corrected chi connectivity index (χ3v) is 3.46. The molecule has 0 saturated carbocycles. The van der Waals surface area contributed by atoms with E-state index in [0.717, 1.165) is 12.2 Å². The Bertz CT molecular complexity index is 447. The van der Waals surface area contributed by atoms with Crippen molar-refractivity contribution in [3.8, 4) is 16.9 Å². The number of nitrogens with two attached hydrogens (primary N) is 1. The summed E-state index contributed by atoms with van der Waals surface area (Å²) in [5, 5.41) is 2.17. The molecule has 0 radical (unpaired) electrons. The van der Waals surface area contributed by atoms with Crippen molar-refractivity contribution in [1.29, 1.82) is 0 Å². The van der Waals surface area contributed by atoms with E-state index in [1.165, 1.54) is 16.0 Å². The van der Waals surface area contributed by atoms with Gasteiger partial charge in [0.25, 0.3) is 0 Å². The molecular formula is C13H15NOS. The van der Waals surface area contributed by atoms with Gasteiger partial charge in [-0.25, -0.2) is 0 Å². The van der Waals surface area contributed by atoms with E-state index in [2.05, 4.69) is 23.6 Å². The Kier molecular flexibility index (Phi) is 3.59. The van der Waals surface area contributed by atoms with Crippen molar-refractivity contribution in [2.24, 2.45) is 5.73 Å². The molecule has 1 heterocycles. The lowest BCUT2D eigenvalue weighted by atomic mass is 10.1. The average molecular weight is 233 g/mol. The van der Waals surface area contributed by atoms with Gasteiger partial charge in [0.2, 0.25) is 0 Å². The maximum atomic E-state index is 5.54.